The summed E-state index contributed by atoms with van der Waals surface area (Å²) in [6.45, 7) is 5.42. The number of amides is 2. The maximum atomic E-state index is 13.6. The number of halogens is 3. The topological polar surface area (TPSA) is 58.6 Å². The molecule has 5 nitrogen and oxygen atoms in total. The van der Waals surface area contributed by atoms with Gasteiger partial charge in [0.05, 0.1) is 0 Å². The van der Waals surface area contributed by atoms with Crippen LogP contribution in [0.2, 0.25) is 15.1 Å². The molecule has 0 aliphatic carbocycles. The predicted molar refractivity (Wildman–Crippen MR) is 146 cm³/mol. The van der Waals surface area contributed by atoms with E-state index in [2.05, 4.69) is 5.32 Å². The molecule has 0 aliphatic heterocycles. The largest absolute Gasteiger partial charge is 0.484 e. The summed E-state index contributed by atoms with van der Waals surface area (Å²) in [5.74, 6) is -0.230. The van der Waals surface area contributed by atoms with E-state index in [4.69, 9.17) is 39.5 Å². The van der Waals surface area contributed by atoms with Gasteiger partial charge >= 0.3 is 0 Å². The molecule has 0 bridgehead atoms. The molecular weight excluding hydrogens is 519 g/mol. The van der Waals surface area contributed by atoms with Gasteiger partial charge in [0, 0.05) is 39.1 Å². The van der Waals surface area contributed by atoms with E-state index in [1.165, 1.54) is 4.90 Å². The van der Waals surface area contributed by atoms with Crippen molar-refractivity contribution >= 4 is 46.6 Å². The van der Waals surface area contributed by atoms with E-state index in [0.29, 0.717) is 32.8 Å². The fraction of sp³-hybridized carbons (Fsp3) is 0.286. The molecule has 0 aliphatic rings. The average molecular weight is 548 g/mol. The smallest absolute Gasteiger partial charge is 0.261 e. The highest BCUT2D eigenvalue weighted by molar-refractivity contribution is 6.36. The summed E-state index contributed by atoms with van der Waals surface area (Å²) in [6, 6.07) is 20.6. The van der Waals surface area contributed by atoms with Crippen molar-refractivity contribution in [2.24, 2.45) is 0 Å². The van der Waals surface area contributed by atoms with Gasteiger partial charge in [0.1, 0.15) is 11.8 Å². The Morgan fingerprint density at radius 2 is 1.56 bits per heavy atom. The van der Waals surface area contributed by atoms with Crippen LogP contribution in [0.15, 0.2) is 72.8 Å². The van der Waals surface area contributed by atoms with Crippen molar-refractivity contribution in [3.05, 3.63) is 99.0 Å². The summed E-state index contributed by atoms with van der Waals surface area (Å²) in [5, 5.41) is 4.32. The second kappa shape index (κ2) is 12.5. The minimum absolute atomic E-state index is 0.0330. The molecule has 0 heterocycles. The lowest BCUT2D eigenvalue weighted by Gasteiger charge is -2.34. The number of hydrogen-bond donors (Lipinski definition) is 1. The Morgan fingerprint density at radius 3 is 2.17 bits per heavy atom. The fourth-order valence-corrected chi connectivity index (χ4v) is 4.34. The molecule has 1 unspecified atom stereocenters. The van der Waals surface area contributed by atoms with E-state index in [-0.39, 0.29) is 19.1 Å². The van der Waals surface area contributed by atoms with E-state index in [0.717, 1.165) is 5.56 Å². The van der Waals surface area contributed by atoms with Crippen LogP contribution in [0, 0.1) is 0 Å². The Labute approximate surface area is 227 Å². The van der Waals surface area contributed by atoms with Gasteiger partial charge in [-0.1, -0.05) is 77.3 Å². The number of carbonyl (C=O) groups excluding carboxylic acids is 2. The molecule has 0 saturated heterocycles. The lowest BCUT2D eigenvalue weighted by Crippen LogP contribution is -2.55. The van der Waals surface area contributed by atoms with Crippen LogP contribution in [-0.2, 0) is 22.6 Å². The maximum Gasteiger partial charge on any atom is 0.261 e. The molecule has 0 fully saturated rings. The summed E-state index contributed by atoms with van der Waals surface area (Å²) in [6.07, 6.45) is 0.299. The van der Waals surface area contributed by atoms with Gasteiger partial charge in [0.2, 0.25) is 5.91 Å². The van der Waals surface area contributed by atoms with Crippen molar-refractivity contribution in [3.63, 3.8) is 0 Å². The van der Waals surface area contributed by atoms with Crippen molar-refractivity contribution < 1.29 is 14.3 Å². The van der Waals surface area contributed by atoms with Gasteiger partial charge in [0.15, 0.2) is 6.61 Å². The Bertz CT molecular complexity index is 1180. The molecule has 0 saturated carbocycles. The zero-order valence-electron chi connectivity index (χ0n) is 20.4. The lowest BCUT2D eigenvalue weighted by atomic mass is 10.0. The van der Waals surface area contributed by atoms with Crippen molar-refractivity contribution in [2.75, 3.05) is 6.61 Å². The molecule has 190 valence electrons. The Hall–Kier alpha value is -2.73. The van der Waals surface area contributed by atoms with Gasteiger partial charge in [-0.2, -0.15) is 0 Å². The van der Waals surface area contributed by atoms with Crippen LogP contribution in [-0.4, -0.2) is 34.9 Å². The van der Waals surface area contributed by atoms with Crippen molar-refractivity contribution in [1.29, 1.82) is 0 Å². The molecule has 8 heteroatoms. The highest BCUT2D eigenvalue weighted by atomic mass is 35.5. The molecule has 3 aromatic carbocycles. The van der Waals surface area contributed by atoms with Gasteiger partial charge in [-0.25, -0.2) is 0 Å². The van der Waals surface area contributed by atoms with Gasteiger partial charge in [-0.3, -0.25) is 9.59 Å². The van der Waals surface area contributed by atoms with E-state index >= 15 is 0 Å². The number of ether oxygens (including phenoxy) is 1. The van der Waals surface area contributed by atoms with Crippen LogP contribution >= 0.6 is 34.8 Å². The molecule has 1 atom stereocenters. The monoisotopic (exact) mass is 546 g/mol. The number of hydrogen-bond acceptors (Lipinski definition) is 3. The van der Waals surface area contributed by atoms with Crippen molar-refractivity contribution in [3.8, 4) is 5.75 Å². The van der Waals surface area contributed by atoms with Gasteiger partial charge in [-0.05, 0) is 56.7 Å². The van der Waals surface area contributed by atoms with Crippen LogP contribution < -0.4 is 10.1 Å². The van der Waals surface area contributed by atoms with E-state index < -0.39 is 17.5 Å². The molecule has 2 amide bonds. The Morgan fingerprint density at radius 1 is 0.917 bits per heavy atom. The van der Waals surface area contributed by atoms with Crippen LogP contribution in [0.4, 0.5) is 0 Å². The lowest BCUT2D eigenvalue weighted by molar-refractivity contribution is -0.143. The summed E-state index contributed by atoms with van der Waals surface area (Å²) in [5.41, 5.74) is 0.962. The first kappa shape index (κ1) is 27.9. The summed E-state index contributed by atoms with van der Waals surface area (Å²) in [7, 11) is 0. The van der Waals surface area contributed by atoms with E-state index in [1.54, 1.807) is 42.5 Å². The quantitative estimate of drug-likeness (QED) is 0.329. The molecule has 3 aromatic rings. The minimum atomic E-state index is -0.838. The second-order valence-corrected chi connectivity index (χ2v) is 10.7. The van der Waals surface area contributed by atoms with Gasteiger partial charge in [0.25, 0.3) is 5.91 Å². The number of benzene rings is 3. The molecule has 0 aromatic heterocycles. The Balaban J connectivity index is 1.98. The summed E-state index contributed by atoms with van der Waals surface area (Å²) >= 11 is 19.0. The van der Waals surface area contributed by atoms with Gasteiger partial charge < -0.3 is 15.0 Å². The summed E-state index contributed by atoms with van der Waals surface area (Å²) < 4.78 is 5.74. The molecule has 1 N–H and O–H groups in total. The van der Waals surface area contributed by atoms with Crippen LogP contribution in [0.5, 0.6) is 5.75 Å². The predicted octanol–water partition coefficient (Wildman–Crippen LogP) is 6.58. The van der Waals surface area contributed by atoms with Crippen LogP contribution in [0.25, 0.3) is 0 Å². The molecule has 3 rings (SSSR count). The van der Waals surface area contributed by atoms with E-state index in [9.17, 15) is 9.59 Å². The second-order valence-electron chi connectivity index (χ2n) is 9.41. The SMILES string of the molecule is CC(C)(C)NC(=O)C(Cc1ccccc1)N(Cc1c(Cl)cccc1Cl)C(=O)COc1cccc(Cl)c1. The fourth-order valence-electron chi connectivity index (χ4n) is 3.65. The van der Waals surface area contributed by atoms with Crippen LogP contribution in [0.1, 0.15) is 31.9 Å². The zero-order chi connectivity index (χ0) is 26.3. The zero-order valence-corrected chi connectivity index (χ0v) is 22.7. The molecule has 0 spiro atoms. The highest BCUT2D eigenvalue weighted by Crippen LogP contribution is 2.27. The third-order valence-electron chi connectivity index (χ3n) is 5.32. The van der Waals surface area contributed by atoms with E-state index in [1.807, 2.05) is 51.1 Å². The first-order chi connectivity index (χ1) is 17.0. The van der Waals surface area contributed by atoms with Crippen molar-refractivity contribution in [1.82, 2.24) is 10.2 Å². The maximum absolute atomic E-state index is 13.6. The molecular formula is C28H29Cl3N2O3. The number of nitrogens with zero attached hydrogens (tertiary/aromatic N) is 1. The standard InChI is InChI=1S/C28H29Cl3N2O3/c1-28(2,3)32-27(35)25(15-19-9-5-4-6-10-19)33(17-22-23(30)13-8-14-24(22)31)26(34)18-36-21-12-7-11-20(29)16-21/h4-14,16,25H,15,17-18H2,1-3H3,(H,32,35). The molecule has 36 heavy (non-hydrogen) atoms. The Kier molecular flexibility index (Phi) is 9.66. The minimum Gasteiger partial charge on any atom is -0.484 e. The summed E-state index contributed by atoms with van der Waals surface area (Å²) in [4.78, 5) is 28.7. The van der Waals surface area contributed by atoms with Crippen LogP contribution in [0.3, 0.4) is 0 Å². The first-order valence-electron chi connectivity index (χ1n) is 11.5. The number of carbonyl (C=O) groups is 2. The number of nitrogens with one attached hydrogen (secondary N) is 1. The third kappa shape index (κ3) is 8.16. The van der Waals surface area contributed by atoms with Crippen molar-refractivity contribution in [2.45, 2.75) is 45.3 Å². The average Bonchev–Trinajstić information content (AvgIpc) is 2.81. The highest BCUT2D eigenvalue weighted by Gasteiger charge is 2.33. The number of rotatable bonds is 9. The third-order valence-corrected chi connectivity index (χ3v) is 6.26. The normalized spacial score (nSPS) is 12.1. The van der Waals surface area contributed by atoms with Gasteiger partial charge in [-0.15, -0.1) is 0 Å². The molecule has 0 radical (unpaired) electrons. The first-order valence-corrected chi connectivity index (χ1v) is 12.6.